The Hall–Kier alpha value is -3.36. The molecule has 0 radical (unpaired) electrons. The van der Waals surface area contributed by atoms with Gasteiger partial charge < -0.3 is 11.5 Å². The van der Waals surface area contributed by atoms with Gasteiger partial charge in [-0.15, -0.1) is 0 Å². The topological polar surface area (TPSA) is 151 Å². The summed E-state index contributed by atoms with van der Waals surface area (Å²) in [6.07, 6.45) is 0. The molecule has 2 aliphatic rings. The zero-order valence-electron chi connectivity index (χ0n) is 12.2. The molecule has 5 N–H and O–H groups in total. The third kappa shape index (κ3) is 2.26. The molecule has 0 saturated heterocycles. The fourth-order valence-corrected chi connectivity index (χ4v) is 2.75. The minimum atomic E-state index is -0.803. The molecule has 1 aromatic carbocycles. The molecule has 2 aliphatic heterocycles. The highest BCUT2D eigenvalue weighted by atomic mass is 35.5. The molecule has 0 spiro atoms. The quantitative estimate of drug-likeness (QED) is 0.700. The summed E-state index contributed by atoms with van der Waals surface area (Å²) >= 11 is 5.88. The van der Waals surface area contributed by atoms with Crippen molar-refractivity contribution in [2.24, 2.45) is 27.5 Å². The van der Waals surface area contributed by atoms with Gasteiger partial charge in [0.05, 0.1) is 11.6 Å². The number of nitrogens with one attached hydrogen (secondary N) is 1. The minimum absolute atomic E-state index is 0.00261. The van der Waals surface area contributed by atoms with Crippen LogP contribution in [-0.4, -0.2) is 23.4 Å². The van der Waals surface area contributed by atoms with Crippen LogP contribution in [0.1, 0.15) is 0 Å². The van der Waals surface area contributed by atoms with E-state index in [4.69, 9.17) is 28.5 Å². The molecule has 2 heterocycles. The predicted octanol–water partition coefficient (Wildman–Crippen LogP) is 1.11. The number of nitrogens with two attached hydrogens (primary N) is 2. The predicted molar refractivity (Wildman–Crippen MR) is 90.4 cm³/mol. The number of hydrazone groups is 1. The van der Waals surface area contributed by atoms with Crippen LogP contribution in [0, 0.1) is 34.0 Å². The number of anilines is 1. The van der Waals surface area contributed by atoms with E-state index in [-0.39, 0.29) is 28.7 Å². The van der Waals surface area contributed by atoms with Crippen molar-refractivity contribution in [3.8, 4) is 12.1 Å². The first-order chi connectivity index (χ1) is 11.5. The van der Waals surface area contributed by atoms with Gasteiger partial charge >= 0.3 is 0 Å². The van der Waals surface area contributed by atoms with Crippen molar-refractivity contribution in [2.45, 2.75) is 6.04 Å². The summed E-state index contributed by atoms with van der Waals surface area (Å²) in [6.45, 7) is 0. The van der Waals surface area contributed by atoms with Crippen LogP contribution < -0.4 is 16.5 Å². The van der Waals surface area contributed by atoms with Gasteiger partial charge in [-0.2, -0.15) is 15.6 Å². The zero-order valence-corrected chi connectivity index (χ0v) is 13.0. The standard InChI is InChI=1S/C15H11ClN8/c16-7-1-3-8(4-2-7)24-15(21)11-12(19)9(5-17)14(20)22-13(11)10(6-18)23-24/h1-4,11,13,21H,19H2,(H2,20,22). The molecule has 2 atom stereocenters. The summed E-state index contributed by atoms with van der Waals surface area (Å²) < 4.78 is 0. The smallest absolute Gasteiger partial charge is 0.164 e. The van der Waals surface area contributed by atoms with Crippen molar-refractivity contribution >= 4 is 34.7 Å². The van der Waals surface area contributed by atoms with Crippen molar-refractivity contribution in [1.82, 2.24) is 0 Å². The molecule has 9 heteroatoms. The Kier molecular flexibility index (Phi) is 3.68. The maximum atomic E-state index is 9.39. The molecule has 0 amide bonds. The number of benzene rings is 1. The third-order valence-electron chi connectivity index (χ3n) is 3.78. The Bertz CT molecular complexity index is 897. The van der Waals surface area contributed by atoms with E-state index in [1.165, 1.54) is 5.01 Å². The SMILES string of the molecule is N#CC1=NN(c2ccc(Cl)cc2)C(=N)C2C(N)=C(C#N)C(N)=NC12. The zero-order chi connectivity index (χ0) is 17.4. The monoisotopic (exact) mass is 338 g/mol. The van der Waals surface area contributed by atoms with E-state index in [9.17, 15) is 10.5 Å². The number of nitrogens with zero attached hydrogens (tertiary/aromatic N) is 5. The number of rotatable bonds is 1. The number of amidine groups is 2. The van der Waals surface area contributed by atoms with Gasteiger partial charge in [-0.05, 0) is 24.3 Å². The van der Waals surface area contributed by atoms with Crippen LogP contribution in [0.25, 0.3) is 0 Å². The molecule has 2 unspecified atom stereocenters. The highest BCUT2D eigenvalue weighted by Gasteiger charge is 2.43. The van der Waals surface area contributed by atoms with Gasteiger partial charge in [0.15, 0.2) is 5.71 Å². The van der Waals surface area contributed by atoms with E-state index < -0.39 is 12.0 Å². The molecule has 0 aromatic heterocycles. The van der Waals surface area contributed by atoms with Crippen LogP contribution in [0.3, 0.4) is 0 Å². The first-order valence-corrected chi connectivity index (χ1v) is 7.21. The lowest BCUT2D eigenvalue weighted by Crippen LogP contribution is -2.51. The lowest BCUT2D eigenvalue weighted by atomic mass is 9.85. The summed E-state index contributed by atoms with van der Waals surface area (Å²) in [5, 5.41) is 33.0. The number of halogens is 1. The minimum Gasteiger partial charge on any atom is -0.400 e. The fourth-order valence-electron chi connectivity index (χ4n) is 2.62. The molecule has 1 aromatic rings. The molecule has 24 heavy (non-hydrogen) atoms. The van der Waals surface area contributed by atoms with Crippen molar-refractivity contribution in [1.29, 1.82) is 15.9 Å². The van der Waals surface area contributed by atoms with Crippen LogP contribution in [0.4, 0.5) is 5.69 Å². The fraction of sp³-hybridized carbons (Fsp3) is 0.133. The lowest BCUT2D eigenvalue weighted by molar-refractivity contribution is 0.664. The van der Waals surface area contributed by atoms with Crippen LogP contribution in [0.2, 0.25) is 5.02 Å². The van der Waals surface area contributed by atoms with Crippen molar-refractivity contribution in [3.05, 3.63) is 40.6 Å². The second-order valence-electron chi connectivity index (χ2n) is 5.15. The third-order valence-corrected chi connectivity index (χ3v) is 4.03. The second kappa shape index (κ2) is 5.69. The summed E-state index contributed by atoms with van der Waals surface area (Å²) in [5.74, 6) is -0.829. The van der Waals surface area contributed by atoms with Gasteiger partial charge in [-0.25, -0.2) is 5.01 Å². The molecule has 0 bridgehead atoms. The highest BCUT2D eigenvalue weighted by molar-refractivity contribution is 6.30. The van der Waals surface area contributed by atoms with E-state index in [0.29, 0.717) is 10.7 Å². The first-order valence-electron chi connectivity index (χ1n) is 6.84. The maximum Gasteiger partial charge on any atom is 0.164 e. The summed E-state index contributed by atoms with van der Waals surface area (Å²) in [6, 6.07) is 9.69. The van der Waals surface area contributed by atoms with Crippen molar-refractivity contribution < 1.29 is 0 Å². The number of dihydropyridines is 1. The van der Waals surface area contributed by atoms with Crippen LogP contribution >= 0.6 is 11.6 Å². The Morgan fingerprint density at radius 1 is 1.17 bits per heavy atom. The van der Waals surface area contributed by atoms with E-state index >= 15 is 0 Å². The lowest BCUT2D eigenvalue weighted by Gasteiger charge is -2.36. The second-order valence-corrected chi connectivity index (χ2v) is 5.59. The van der Waals surface area contributed by atoms with E-state index in [1.807, 2.05) is 12.1 Å². The molecule has 0 fully saturated rings. The van der Waals surface area contributed by atoms with Crippen molar-refractivity contribution in [2.75, 3.05) is 5.01 Å². The van der Waals surface area contributed by atoms with Gasteiger partial charge in [0.2, 0.25) is 0 Å². The average Bonchev–Trinajstić information content (AvgIpc) is 2.56. The van der Waals surface area contributed by atoms with Gasteiger partial charge in [0, 0.05) is 10.7 Å². The number of fused-ring (bicyclic) bond motifs is 1. The van der Waals surface area contributed by atoms with Crippen LogP contribution in [-0.2, 0) is 0 Å². The van der Waals surface area contributed by atoms with E-state index in [2.05, 4.69) is 10.1 Å². The van der Waals surface area contributed by atoms with Gasteiger partial charge in [-0.3, -0.25) is 10.4 Å². The number of hydrogen-bond donors (Lipinski definition) is 3. The summed E-state index contributed by atoms with van der Waals surface area (Å²) in [7, 11) is 0. The molecule has 0 aliphatic carbocycles. The first kappa shape index (κ1) is 15.5. The Labute approximate surface area is 142 Å². The van der Waals surface area contributed by atoms with Crippen LogP contribution in [0.15, 0.2) is 45.6 Å². The molecule has 3 rings (SSSR count). The molecular formula is C15H11ClN8. The van der Waals surface area contributed by atoms with E-state index in [1.54, 1.807) is 24.3 Å². The van der Waals surface area contributed by atoms with Crippen LogP contribution in [0.5, 0.6) is 0 Å². The average molecular weight is 339 g/mol. The summed E-state index contributed by atoms with van der Waals surface area (Å²) in [4.78, 5) is 4.14. The normalized spacial score (nSPS) is 23.0. The molecule has 118 valence electrons. The molecular weight excluding hydrogens is 328 g/mol. The van der Waals surface area contributed by atoms with Crippen molar-refractivity contribution in [3.63, 3.8) is 0 Å². The van der Waals surface area contributed by atoms with Gasteiger partial charge in [0.1, 0.15) is 35.4 Å². The van der Waals surface area contributed by atoms with Gasteiger partial charge in [0.25, 0.3) is 0 Å². The highest BCUT2D eigenvalue weighted by Crippen LogP contribution is 2.32. The van der Waals surface area contributed by atoms with Gasteiger partial charge in [-0.1, -0.05) is 11.6 Å². The Balaban J connectivity index is 2.15. The number of aliphatic imine (C=N–C) groups is 1. The molecule has 8 nitrogen and oxygen atoms in total. The summed E-state index contributed by atoms with van der Waals surface area (Å²) in [5.41, 5.74) is 12.5. The number of nitriles is 2. The Morgan fingerprint density at radius 2 is 1.83 bits per heavy atom. The molecule has 0 saturated carbocycles. The number of hydrogen-bond acceptors (Lipinski definition) is 7. The largest absolute Gasteiger partial charge is 0.400 e. The Morgan fingerprint density at radius 3 is 2.42 bits per heavy atom. The maximum absolute atomic E-state index is 9.39. The van der Waals surface area contributed by atoms with E-state index in [0.717, 1.165) is 0 Å².